The van der Waals surface area contributed by atoms with Gasteiger partial charge in [0.25, 0.3) is 0 Å². The van der Waals surface area contributed by atoms with Gasteiger partial charge in [-0.3, -0.25) is 0 Å². The van der Waals surface area contributed by atoms with E-state index < -0.39 is 0 Å². The third-order valence-corrected chi connectivity index (χ3v) is 3.47. The molecule has 0 aliphatic carbocycles. The second-order valence-electron chi connectivity index (χ2n) is 5.09. The fraction of sp³-hybridized carbons (Fsp3) is 0.368. The fourth-order valence-electron chi connectivity index (χ4n) is 2.39. The highest BCUT2D eigenvalue weighted by atomic mass is 14.2. The minimum Gasteiger partial charge on any atom is -0.115 e. The zero-order chi connectivity index (χ0) is 14.1. The number of rotatable bonds is 6. The number of hydrogen-bond donors (Lipinski definition) is 0. The van der Waals surface area contributed by atoms with Crippen molar-refractivity contribution in [3.63, 3.8) is 0 Å². The lowest BCUT2D eigenvalue weighted by Gasteiger charge is -2.22. The highest BCUT2D eigenvalue weighted by molar-refractivity contribution is 5.31. The molecule has 0 aliphatic rings. The van der Waals surface area contributed by atoms with E-state index in [1.807, 2.05) is 12.2 Å². The van der Waals surface area contributed by atoms with Crippen molar-refractivity contribution < 1.29 is 0 Å². The molecule has 100 valence electrons. The van der Waals surface area contributed by atoms with E-state index in [0.717, 1.165) is 12.8 Å². The summed E-state index contributed by atoms with van der Waals surface area (Å²) in [5.74, 6) is 3.71. The third kappa shape index (κ3) is 4.79. The van der Waals surface area contributed by atoms with Crippen molar-refractivity contribution in [2.24, 2.45) is 5.92 Å². The van der Waals surface area contributed by atoms with Crippen molar-refractivity contribution >= 4 is 0 Å². The van der Waals surface area contributed by atoms with E-state index in [-0.39, 0.29) is 0 Å². The Kier molecular flexibility index (Phi) is 6.75. The summed E-state index contributed by atoms with van der Waals surface area (Å²) in [5.41, 5.74) is 2.96. The van der Waals surface area contributed by atoms with E-state index >= 15 is 0 Å². The van der Waals surface area contributed by atoms with Gasteiger partial charge in [-0.25, -0.2) is 0 Å². The minimum atomic E-state index is 0.576. The van der Waals surface area contributed by atoms with E-state index in [9.17, 15) is 0 Å². The zero-order valence-corrected chi connectivity index (χ0v) is 12.3. The maximum absolute atomic E-state index is 5.18. The molecule has 1 aromatic rings. The Bertz CT molecular complexity index is 469. The van der Waals surface area contributed by atoms with Gasteiger partial charge in [0, 0.05) is 0 Å². The number of benzene rings is 1. The van der Waals surface area contributed by atoms with Gasteiger partial charge < -0.3 is 0 Å². The van der Waals surface area contributed by atoms with Crippen molar-refractivity contribution in [3.05, 3.63) is 59.7 Å². The van der Waals surface area contributed by atoms with E-state index in [1.54, 1.807) is 6.08 Å². The van der Waals surface area contributed by atoms with Crippen LogP contribution in [0.3, 0.4) is 0 Å². The molecule has 0 N–H and O–H groups in total. The molecule has 1 unspecified atom stereocenters. The van der Waals surface area contributed by atoms with Gasteiger partial charge in [0.05, 0.1) is 0 Å². The van der Waals surface area contributed by atoms with Gasteiger partial charge in [-0.05, 0) is 41.9 Å². The highest BCUT2D eigenvalue weighted by Gasteiger charge is 2.16. The number of allylic oxidation sites excluding steroid dienone is 4. The molecule has 19 heavy (non-hydrogen) atoms. The first-order valence-electron chi connectivity index (χ1n) is 7.06. The maximum atomic E-state index is 5.18. The number of terminal acetylenes is 1. The first-order valence-corrected chi connectivity index (χ1v) is 7.06. The SMILES string of the molecule is C#C/C=C\C=C/CC(c1ccccc1CC)C(C)C. The summed E-state index contributed by atoms with van der Waals surface area (Å²) in [5, 5.41) is 0. The lowest BCUT2D eigenvalue weighted by atomic mass is 9.82. The predicted octanol–water partition coefficient (Wildman–Crippen LogP) is 5.12. The molecule has 1 aromatic carbocycles. The molecule has 0 heteroatoms. The van der Waals surface area contributed by atoms with Crippen LogP contribution in [0.5, 0.6) is 0 Å². The van der Waals surface area contributed by atoms with Gasteiger partial charge >= 0.3 is 0 Å². The van der Waals surface area contributed by atoms with Gasteiger partial charge in [0.2, 0.25) is 0 Å². The van der Waals surface area contributed by atoms with E-state index in [0.29, 0.717) is 11.8 Å². The quantitative estimate of drug-likeness (QED) is 0.486. The monoisotopic (exact) mass is 252 g/mol. The van der Waals surface area contributed by atoms with Crippen LogP contribution in [0, 0.1) is 18.3 Å². The molecule has 0 spiro atoms. The predicted molar refractivity (Wildman–Crippen MR) is 85.1 cm³/mol. The molecule has 1 rings (SSSR count). The van der Waals surface area contributed by atoms with Gasteiger partial charge in [-0.15, -0.1) is 6.42 Å². The topological polar surface area (TPSA) is 0 Å². The molecular formula is C19H24. The highest BCUT2D eigenvalue weighted by Crippen LogP contribution is 2.31. The second kappa shape index (κ2) is 8.38. The van der Waals surface area contributed by atoms with Crippen molar-refractivity contribution in [1.29, 1.82) is 0 Å². The standard InChI is InChI=1S/C19H24/c1-5-7-8-9-10-14-18(16(3)4)19-15-12-11-13-17(19)6-2/h1,7-13,15-16,18H,6,14H2,2-4H3/b8-7-,10-9-. The normalized spacial score (nSPS) is 13.2. The zero-order valence-electron chi connectivity index (χ0n) is 12.3. The first-order chi connectivity index (χ1) is 9.20. The molecule has 1 atom stereocenters. The molecule has 0 aromatic heterocycles. The Labute approximate surface area is 118 Å². The van der Waals surface area contributed by atoms with Gasteiger partial charge in [0.15, 0.2) is 0 Å². The van der Waals surface area contributed by atoms with Crippen LogP contribution in [0.4, 0.5) is 0 Å². The fourth-order valence-corrected chi connectivity index (χ4v) is 2.39. The first kappa shape index (κ1) is 15.3. The summed E-state index contributed by atoms with van der Waals surface area (Å²) in [7, 11) is 0. The van der Waals surface area contributed by atoms with Gasteiger partial charge in [0.1, 0.15) is 0 Å². The van der Waals surface area contributed by atoms with Crippen LogP contribution in [0.2, 0.25) is 0 Å². The summed E-state index contributed by atoms with van der Waals surface area (Å²) >= 11 is 0. The largest absolute Gasteiger partial charge is 0.115 e. The summed E-state index contributed by atoms with van der Waals surface area (Å²) in [4.78, 5) is 0. The third-order valence-electron chi connectivity index (χ3n) is 3.47. The molecule has 0 bridgehead atoms. The summed E-state index contributed by atoms with van der Waals surface area (Å²) in [6.07, 6.45) is 15.2. The van der Waals surface area contributed by atoms with Crippen molar-refractivity contribution in [3.8, 4) is 12.3 Å². The van der Waals surface area contributed by atoms with E-state index in [1.165, 1.54) is 11.1 Å². The van der Waals surface area contributed by atoms with Crippen LogP contribution < -0.4 is 0 Å². The smallest absolute Gasteiger partial charge is 0.0101 e. The lowest BCUT2D eigenvalue weighted by molar-refractivity contribution is 0.499. The molecule has 0 fully saturated rings. The molecule has 0 heterocycles. The van der Waals surface area contributed by atoms with Crippen LogP contribution >= 0.6 is 0 Å². The van der Waals surface area contributed by atoms with E-state index in [2.05, 4.69) is 57.0 Å². The maximum Gasteiger partial charge on any atom is -0.0101 e. The Morgan fingerprint density at radius 3 is 2.58 bits per heavy atom. The molecular weight excluding hydrogens is 228 g/mol. The van der Waals surface area contributed by atoms with Crippen LogP contribution in [0.25, 0.3) is 0 Å². The van der Waals surface area contributed by atoms with Crippen molar-refractivity contribution in [2.75, 3.05) is 0 Å². The van der Waals surface area contributed by atoms with Crippen LogP contribution in [0.15, 0.2) is 48.6 Å². The Balaban J connectivity index is 2.86. The van der Waals surface area contributed by atoms with Crippen LogP contribution in [-0.4, -0.2) is 0 Å². The molecule has 0 saturated carbocycles. The van der Waals surface area contributed by atoms with Crippen LogP contribution in [-0.2, 0) is 6.42 Å². The van der Waals surface area contributed by atoms with Crippen LogP contribution in [0.1, 0.15) is 44.2 Å². The molecule has 0 nitrogen and oxygen atoms in total. The molecule has 0 saturated heterocycles. The summed E-state index contributed by atoms with van der Waals surface area (Å²) in [6.45, 7) is 6.81. The average Bonchev–Trinajstić information content (AvgIpc) is 2.42. The lowest BCUT2D eigenvalue weighted by Crippen LogP contribution is -2.08. The van der Waals surface area contributed by atoms with Crippen molar-refractivity contribution in [1.82, 2.24) is 0 Å². The summed E-state index contributed by atoms with van der Waals surface area (Å²) in [6, 6.07) is 8.79. The Hall–Kier alpha value is -1.74. The minimum absolute atomic E-state index is 0.576. The average molecular weight is 252 g/mol. The van der Waals surface area contributed by atoms with Gasteiger partial charge in [-0.2, -0.15) is 0 Å². The Morgan fingerprint density at radius 1 is 1.21 bits per heavy atom. The molecule has 0 amide bonds. The summed E-state index contributed by atoms with van der Waals surface area (Å²) < 4.78 is 0. The second-order valence-corrected chi connectivity index (χ2v) is 5.09. The molecule has 0 aliphatic heterocycles. The number of hydrogen-bond acceptors (Lipinski definition) is 0. The van der Waals surface area contributed by atoms with Gasteiger partial charge in [-0.1, -0.05) is 69.2 Å². The Morgan fingerprint density at radius 2 is 1.95 bits per heavy atom. The number of aryl methyl sites for hydroxylation is 1. The van der Waals surface area contributed by atoms with Crippen molar-refractivity contribution in [2.45, 2.75) is 39.5 Å². The molecule has 0 radical (unpaired) electrons. The van der Waals surface area contributed by atoms with E-state index in [4.69, 9.17) is 6.42 Å².